The summed E-state index contributed by atoms with van der Waals surface area (Å²) < 4.78 is 4.34. The predicted molar refractivity (Wildman–Crippen MR) is 102 cm³/mol. The number of hydrogen-bond acceptors (Lipinski definition) is 5. The summed E-state index contributed by atoms with van der Waals surface area (Å²) >= 11 is 1.04. The first-order valence-electron chi connectivity index (χ1n) is 8.07. The minimum atomic E-state index is -0.281. The lowest BCUT2D eigenvalue weighted by molar-refractivity contribution is -0.114. The molecule has 0 atom stereocenters. The molecule has 0 aliphatic rings. The molecule has 0 unspecified atom stereocenters. The van der Waals surface area contributed by atoms with E-state index < -0.39 is 0 Å². The van der Waals surface area contributed by atoms with E-state index in [1.807, 2.05) is 37.3 Å². The van der Waals surface area contributed by atoms with Gasteiger partial charge >= 0.3 is 0 Å². The van der Waals surface area contributed by atoms with Gasteiger partial charge in [0.2, 0.25) is 5.91 Å². The van der Waals surface area contributed by atoms with E-state index in [1.54, 1.807) is 18.3 Å². The average molecular weight is 366 g/mol. The van der Waals surface area contributed by atoms with Gasteiger partial charge in [0.15, 0.2) is 0 Å². The highest BCUT2D eigenvalue weighted by molar-refractivity contribution is 7.09. The monoisotopic (exact) mass is 366 g/mol. The Bertz CT molecular complexity index is 938. The van der Waals surface area contributed by atoms with E-state index in [2.05, 4.69) is 20.0 Å². The number of hydrogen-bond donors (Lipinski definition) is 2. The average Bonchev–Trinajstić information content (AvgIpc) is 3.04. The molecule has 1 aromatic carbocycles. The van der Waals surface area contributed by atoms with Crippen LogP contribution in [0.15, 0.2) is 48.7 Å². The highest BCUT2D eigenvalue weighted by Gasteiger charge is 2.22. The van der Waals surface area contributed by atoms with E-state index >= 15 is 0 Å². The van der Waals surface area contributed by atoms with Crippen molar-refractivity contribution in [1.82, 2.24) is 14.7 Å². The van der Waals surface area contributed by atoms with Crippen LogP contribution in [0.25, 0.3) is 11.4 Å². The molecule has 0 aliphatic heterocycles. The maximum absolute atomic E-state index is 12.7. The van der Waals surface area contributed by atoms with Crippen molar-refractivity contribution in [2.45, 2.75) is 20.4 Å². The van der Waals surface area contributed by atoms with Crippen molar-refractivity contribution in [1.29, 1.82) is 0 Å². The van der Waals surface area contributed by atoms with E-state index in [4.69, 9.17) is 0 Å². The lowest BCUT2D eigenvalue weighted by atomic mass is 10.1. The molecule has 0 spiro atoms. The number of carbonyl (C=O) groups is 2. The van der Waals surface area contributed by atoms with Crippen LogP contribution in [0.5, 0.6) is 0 Å². The highest BCUT2D eigenvalue weighted by Crippen LogP contribution is 2.32. The summed E-state index contributed by atoms with van der Waals surface area (Å²) in [6.45, 7) is 3.80. The summed E-state index contributed by atoms with van der Waals surface area (Å²) in [4.78, 5) is 28.9. The van der Waals surface area contributed by atoms with E-state index in [0.717, 1.165) is 22.7 Å². The summed E-state index contributed by atoms with van der Waals surface area (Å²) in [5.41, 5.74) is 3.63. The predicted octanol–water partition coefficient (Wildman–Crippen LogP) is 3.40. The minimum Gasteiger partial charge on any atom is -0.347 e. The Morgan fingerprint density at radius 2 is 1.88 bits per heavy atom. The fourth-order valence-electron chi connectivity index (χ4n) is 2.48. The van der Waals surface area contributed by atoms with Gasteiger partial charge in [-0.15, -0.1) is 0 Å². The molecule has 26 heavy (non-hydrogen) atoms. The number of anilines is 1. The van der Waals surface area contributed by atoms with Crippen molar-refractivity contribution in [3.05, 3.63) is 64.7 Å². The molecular formula is C19H18N4O2S. The lowest BCUT2D eigenvalue weighted by Gasteiger charge is -2.09. The van der Waals surface area contributed by atoms with Crippen molar-refractivity contribution >= 4 is 29.0 Å². The van der Waals surface area contributed by atoms with Crippen LogP contribution in [-0.4, -0.2) is 21.2 Å². The number of nitrogens with one attached hydrogen (secondary N) is 2. The van der Waals surface area contributed by atoms with Crippen LogP contribution in [0.3, 0.4) is 0 Å². The number of amides is 2. The molecule has 2 heterocycles. The van der Waals surface area contributed by atoms with Gasteiger partial charge in [-0.3, -0.25) is 14.6 Å². The zero-order valence-electron chi connectivity index (χ0n) is 14.4. The maximum atomic E-state index is 12.7. The first-order valence-corrected chi connectivity index (χ1v) is 8.85. The third-order valence-corrected chi connectivity index (χ3v) is 4.65. The van der Waals surface area contributed by atoms with E-state index in [9.17, 15) is 9.59 Å². The normalized spacial score (nSPS) is 10.4. The minimum absolute atomic E-state index is 0.268. The van der Waals surface area contributed by atoms with Gasteiger partial charge in [0, 0.05) is 19.7 Å². The number of benzene rings is 1. The zero-order valence-corrected chi connectivity index (χ0v) is 15.3. The van der Waals surface area contributed by atoms with Gasteiger partial charge < -0.3 is 10.6 Å². The molecule has 0 aliphatic carbocycles. The second kappa shape index (κ2) is 7.88. The van der Waals surface area contributed by atoms with Crippen LogP contribution in [0.1, 0.15) is 27.7 Å². The number of aryl methyl sites for hydroxylation is 1. The first kappa shape index (κ1) is 17.8. The van der Waals surface area contributed by atoms with Crippen molar-refractivity contribution in [3.63, 3.8) is 0 Å². The van der Waals surface area contributed by atoms with Crippen molar-refractivity contribution in [2.75, 3.05) is 5.32 Å². The summed E-state index contributed by atoms with van der Waals surface area (Å²) in [5, 5.41) is 5.61. The Morgan fingerprint density at radius 1 is 1.12 bits per heavy atom. The van der Waals surface area contributed by atoms with E-state index in [-0.39, 0.29) is 11.8 Å². The first-order chi connectivity index (χ1) is 12.6. The van der Waals surface area contributed by atoms with E-state index in [1.165, 1.54) is 6.92 Å². The quantitative estimate of drug-likeness (QED) is 0.725. The summed E-state index contributed by atoms with van der Waals surface area (Å²) in [5.74, 6) is -0.549. The Labute approximate surface area is 155 Å². The van der Waals surface area contributed by atoms with Crippen LogP contribution in [-0.2, 0) is 11.3 Å². The molecule has 2 amide bonds. The molecular weight excluding hydrogens is 348 g/mol. The van der Waals surface area contributed by atoms with Crippen LogP contribution < -0.4 is 10.6 Å². The molecule has 0 radical (unpaired) electrons. The molecule has 132 valence electrons. The number of rotatable bonds is 5. The second-order valence-corrected chi connectivity index (χ2v) is 6.51. The van der Waals surface area contributed by atoms with Crippen LogP contribution in [0, 0.1) is 6.92 Å². The Kier molecular flexibility index (Phi) is 5.38. The van der Waals surface area contributed by atoms with Gasteiger partial charge in [0.1, 0.15) is 10.6 Å². The number of carbonyl (C=O) groups excluding carboxylic acids is 2. The third kappa shape index (κ3) is 3.94. The summed E-state index contributed by atoms with van der Waals surface area (Å²) in [6.07, 6.45) is 1.64. The molecule has 3 aromatic rings. The number of nitrogens with zero attached hydrogens (tertiary/aromatic N) is 2. The Balaban J connectivity index is 1.87. The van der Waals surface area contributed by atoms with Gasteiger partial charge in [-0.1, -0.05) is 30.3 Å². The smallest absolute Gasteiger partial charge is 0.265 e. The van der Waals surface area contributed by atoms with Gasteiger partial charge in [-0.05, 0) is 41.7 Å². The molecule has 0 saturated heterocycles. The van der Waals surface area contributed by atoms with Gasteiger partial charge in [0.05, 0.1) is 11.4 Å². The molecule has 7 heteroatoms. The van der Waals surface area contributed by atoms with Crippen LogP contribution in [0.4, 0.5) is 5.69 Å². The molecule has 6 nitrogen and oxygen atoms in total. The molecule has 0 fully saturated rings. The Hall–Kier alpha value is -3.06. The fraction of sp³-hybridized carbons (Fsp3) is 0.158. The van der Waals surface area contributed by atoms with Crippen molar-refractivity contribution in [2.24, 2.45) is 0 Å². The Morgan fingerprint density at radius 3 is 2.58 bits per heavy atom. The topological polar surface area (TPSA) is 84.0 Å². The molecule has 2 aromatic heterocycles. The molecule has 2 N–H and O–H groups in total. The molecule has 0 bridgehead atoms. The van der Waals surface area contributed by atoms with Crippen molar-refractivity contribution < 1.29 is 9.59 Å². The lowest BCUT2D eigenvalue weighted by Crippen LogP contribution is -2.23. The third-order valence-electron chi connectivity index (χ3n) is 3.81. The van der Waals surface area contributed by atoms with Crippen LogP contribution >= 0.6 is 11.5 Å². The summed E-state index contributed by atoms with van der Waals surface area (Å²) in [6, 6.07) is 13.3. The van der Waals surface area contributed by atoms with Gasteiger partial charge in [-0.2, -0.15) is 4.37 Å². The van der Waals surface area contributed by atoms with Gasteiger partial charge in [-0.25, -0.2) is 0 Å². The molecule has 3 rings (SSSR count). The highest BCUT2D eigenvalue weighted by atomic mass is 32.1. The standard InChI is InChI=1S/C19H18N4O2S/c1-12-7-3-4-8-14(12)11-21-19(25)18-17(22-13(2)24)16(23-26-18)15-9-5-6-10-20-15/h3-10H,11H2,1-2H3,(H,21,25)(H,22,24). The fourth-order valence-corrected chi connectivity index (χ4v) is 3.24. The maximum Gasteiger partial charge on any atom is 0.265 e. The number of aromatic nitrogens is 2. The largest absolute Gasteiger partial charge is 0.347 e. The molecule has 0 saturated carbocycles. The summed E-state index contributed by atoms with van der Waals surface area (Å²) in [7, 11) is 0. The van der Waals surface area contributed by atoms with E-state index in [0.29, 0.717) is 28.5 Å². The van der Waals surface area contributed by atoms with Crippen LogP contribution in [0.2, 0.25) is 0 Å². The van der Waals surface area contributed by atoms with Gasteiger partial charge in [0.25, 0.3) is 5.91 Å². The number of pyridine rings is 1. The van der Waals surface area contributed by atoms with Crippen molar-refractivity contribution in [3.8, 4) is 11.4 Å². The SMILES string of the molecule is CC(=O)Nc1c(-c2ccccn2)nsc1C(=O)NCc1ccccc1C. The zero-order chi connectivity index (χ0) is 18.5. The second-order valence-electron chi connectivity index (χ2n) is 5.74.